The molecule has 0 spiro atoms. The second-order valence-electron chi connectivity index (χ2n) is 4.93. The smallest absolute Gasteiger partial charge is 0.354 e. The molecule has 0 saturated carbocycles. The number of benzene rings is 1. The van der Waals surface area contributed by atoms with E-state index in [9.17, 15) is 9.59 Å². The third-order valence-electron chi connectivity index (χ3n) is 2.59. The van der Waals surface area contributed by atoms with Crippen molar-refractivity contribution in [1.82, 2.24) is 0 Å². The summed E-state index contributed by atoms with van der Waals surface area (Å²) < 4.78 is 14.7. The average Bonchev–Trinajstić information content (AvgIpc) is 2.52. The normalized spacial score (nSPS) is 11.0. The van der Waals surface area contributed by atoms with Gasteiger partial charge in [-0.05, 0) is 30.2 Å². The molecule has 1 N–H and O–H groups in total. The molecule has 0 saturated heterocycles. The fraction of sp³-hybridized carbons (Fsp3) is 0.375. The molecule has 1 rings (SSSR count). The second kappa shape index (κ2) is 8.71. The highest BCUT2D eigenvalue weighted by Gasteiger charge is 2.12. The van der Waals surface area contributed by atoms with Crippen LogP contribution in [0.15, 0.2) is 36.0 Å². The molecule has 0 aliphatic heterocycles. The molecule has 0 aromatic heterocycles. The first-order valence-electron chi connectivity index (χ1n) is 6.84. The molecule has 0 fully saturated rings. The lowest BCUT2D eigenvalue weighted by molar-refractivity contribution is -0.138. The minimum atomic E-state index is -0.662. The lowest BCUT2D eigenvalue weighted by atomic mass is 10.2. The summed E-state index contributed by atoms with van der Waals surface area (Å²) in [5.74, 6) is -0.141. The van der Waals surface area contributed by atoms with Gasteiger partial charge in [0.2, 0.25) is 0 Å². The van der Waals surface area contributed by atoms with Crippen LogP contribution in [0.5, 0.6) is 5.75 Å². The largest absolute Gasteiger partial charge is 0.493 e. The zero-order chi connectivity index (χ0) is 16.5. The van der Waals surface area contributed by atoms with Crippen molar-refractivity contribution in [3.05, 3.63) is 36.0 Å². The minimum absolute atomic E-state index is 0.00908. The van der Waals surface area contributed by atoms with Crippen LogP contribution in [0.1, 0.15) is 13.8 Å². The molecule has 0 bridgehead atoms. The van der Waals surface area contributed by atoms with Crippen LogP contribution in [0.2, 0.25) is 0 Å². The van der Waals surface area contributed by atoms with E-state index < -0.39 is 11.9 Å². The van der Waals surface area contributed by atoms with E-state index in [1.54, 1.807) is 24.3 Å². The predicted octanol–water partition coefficient (Wildman–Crippen LogP) is 2.36. The summed E-state index contributed by atoms with van der Waals surface area (Å²) in [7, 11) is 2.46. The molecule has 0 unspecified atom stereocenters. The molecule has 0 radical (unpaired) electrons. The quantitative estimate of drug-likeness (QED) is 0.616. The number of carbonyl (C=O) groups is 2. The van der Waals surface area contributed by atoms with Crippen molar-refractivity contribution in [1.29, 1.82) is 0 Å². The molecule has 22 heavy (non-hydrogen) atoms. The summed E-state index contributed by atoms with van der Waals surface area (Å²) in [6.45, 7) is 4.76. The maximum Gasteiger partial charge on any atom is 0.354 e. The Hall–Kier alpha value is -2.50. The van der Waals surface area contributed by atoms with Crippen LogP contribution >= 0.6 is 0 Å². The minimum Gasteiger partial charge on any atom is -0.493 e. The zero-order valence-electron chi connectivity index (χ0n) is 13.2. The van der Waals surface area contributed by atoms with E-state index >= 15 is 0 Å². The van der Waals surface area contributed by atoms with Gasteiger partial charge in [0, 0.05) is 5.69 Å². The van der Waals surface area contributed by atoms with Gasteiger partial charge in [-0.15, -0.1) is 0 Å². The zero-order valence-corrected chi connectivity index (χ0v) is 13.2. The highest BCUT2D eigenvalue weighted by Crippen LogP contribution is 2.18. The van der Waals surface area contributed by atoms with E-state index in [0.717, 1.165) is 11.8 Å². The van der Waals surface area contributed by atoms with E-state index in [4.69, 9.17) is 4.74 Å². The summed E-state index contributed by atoms with van der Waals surface area (Å²) in [6.07, 6.45) is 1.04. The molecule has 6 nitrogen and oxygen atoms in total. The van der Waals surface area contributed by atoms with Crippen molar-refractivity contribution in [2.75, 3.05) is 26.1 Å². The average molecular weight is 307 g/mol. The maximum atomic E-state index is 11.6. The summed E-state index contributed by atoms with van der Waals surface area (Å²) in [4.78, 5) is 22.9. The van der Waals surface area contributed by atoms with Crippen molar-refractivity contribution in [2.24, 2.45) is 5.92 Å². The van der Waals surface area contributed by atoms with E-state index in [-0.39, 0.29) is 5.70 Å². The van der Waals surface area contributed by atoms with Gasteiger partial charge in [0.25, 0.3) is 0 Å². The number of hydrogen-bond acceptors (Lipinski definition) is 6. The molecular weight excluding hydrogens is 286 g/mol. The van der Waals surface area contributed by atoms with Crippen LogP contribution in [0.4, 0.5) is 5.69 Å². The number of anilines is 1. The van der Waals surface area contributed by atoms with Gasteiger partial charge in [-0.2, -0.15) is 0 Å². The van der Waals surface area contributed by atoms with E-state index in [1.807, 2.05) is 0 Å². The first-order chi connectivity index (χ1) is 10.5. The maximum absolute atomic E-state index is 11.6. The monoisotopic (exact) mass is 307 g/mol. The molecule has 6 heteroatoms. The molecule has 1 aromatic rings. The number of esters is 2. The lowest BCUT2D eigenvalue weighted by Gasteiger charge is -2.11. The fourth-order valence-corrected chi connectivity index (χ4v) is 1.49. The van der Waals surface area contributed by atoms with Crippen LogP contribution < -0.4 is 10.1 Å². The van der Waals surface area contributed by atoms with Gasteiger partial charge in [-0.3, -0.25) is 0 Å². The van der Waals surface area contributed by atoms with E-state index in [2.05, 4.69) is 28.6 Å². The fourth-order valence-electron chi connectivity index (χ4n) is 1.49. The Morgan fingerprint density at radius 3 is 2.27 bits per heavy atom. The van der Waals surface area contributed by atoms with E-state index in [0.29, 0.717) is 18.2 Å². The van der Waals surface area contributed by atoms with Gasteiger partial charge in [0.05, 0.1) is 26.9 Å². The summed E-state index contributed by atoms with van der Waals surface area (Å²) in [5, 5.41) is 2.82. The second-order valence-corrected chi connectivity index (χ2v) is 4.93. The van der Waals surface area contributed by atoms with Crippen LogP contribution in [0, 0.1) is 5.92 Å². The number of methoxy groups -OCH3 is 2. The Balaban J connectivity index is 2.79. The predicted molar refractivity (Wildman–Crippen MR) is 82.5 cm³/mol. The summed E-state index contributed by atoms with van der Waals surface area (Å²) >= 11 is 0. The van der Waals surface area contributed by atoms with Crippen molar-refractivity contribution >= 4 is 17.6 Å². The van der Waals surface area contributed by atoms with Crippen molar-refractivity contribution in [3.8, 4) is 5.75 Å². The number of nitrogens with one attached hydrogen (secondary N) is 1. The highest BCUT2D eigenvalue weighted by atomic mass is 16.5. The third kappa shape index (κ3) is 5.87. The van der Waals surface area contributed by atoms with Crippen molar-refractivity contribution in [2.45, 2.75) is 13.8 Å². The third-order valence-corrected chi connectivity index (χ3v) is 2.59. The number of hydrogen-bond donors (Lipinski definition) is 1. The summed E-state index contributed by atoms with van der Waals surface area (Å²) in [5.41, 5.74) is 0.614. The molecule has 0 amide bonds. The SMILES string of the molecule is COC(=O)/C=C(/Nc1ccc(OCC(C)C)cc1)C(=O)OC. The van der Waals surface area contributed by atoms with Gasteiger partial charge >= 0.3 is 11.9 Å². The van der Waals surface area contributed by atoms with Crippen LogP contribution in [0.25, 0.3) is 0 Å². The first-order valence-corrected chi connectivity index (χ1v) is 6.84. The van der Waals surface area contributed by atoms with Gasteiger partial charge in [0.15, 0.2) is 0 Å². The standard InChI is InChI=1S/C16H21NO5/c1-11(2)10-22-13-7-5-12(6-8-13)17-14(16(19)21-4)9-15(18)20-3/h5-9,11,17H,10H2,1-4H3/b14-9+. The molecular formula is C16H21NO5. The molecule has 0 aliphatic carbocycles. The van der Waals surface area contributed by atoms with Crippen LogP contribution in [-0.4, -0.2) is 32.8 Å². The summed E-state index contributed by atoms with van der Waals surface area (Å²) in [6, 6.07) is 7.03. The molecule has 120 valence electrons. The molecule has 0 atom stereocenters. The Kier molecular flexibility index (Phi) is 6.95. The van der Waals surface area contributed by atoms with Crippen molar-refractivity contribution in [3.63, 3.8) is 0 Å². The van der Waals surface area contributed by atoms with Crippen LogP contribution in [0.3, 0.4) is 0 Å². The van der Waals surface area contributed by atoms with Gasteiger partial charge in [-0.25, -0.2) is 9.59 Å². The number of ether oxygens (including phenoxy) is 3. The first kappa shape index (κ1) is 17.6. The topological polar surface area (TPSA) is 73.9 Å². The Morgan fingerprint density at radius 2 is 1.77 bits per heavy atom. The lowest BCUT2D eigenvalue weighted by Crippen LogP contribution is -2.15. The molecule has 1 aromatic carbocycles. The Morgan fingerprint density at radius 1 is 1.14 bits per heavy atom. The highest BCUT2D eigenvalue weighted by molar-refractivity contribution is 5.98. The van der Waals surface area contributed by atoms with Crippen LogP contribution in [-0.2, 0) is 19.1 Å². The van der Waals surface area contributed by atoms with E-state index in [1.165, 1.54) is 14.2 Å². The van der Waals surface area contributed by atoms with Crippen molar-refractivity contribution < 1.29 is 23.8 Å². The Bertz CT molecular complexity index is 534. The van der Waals surface area contributed by atoms with Gasteiger partial charge in [-0.1, -0.05) is 13.8 Å². The number of rotatable bonds is 7. The molecule has 0 aliphatic rings. The molecule has 0 heterocycles. The van der Waals surface area contributed by atoms with Gasteiger partial charge < -0.3 is 19.5 Å². The Labute approximate surface area is 130 Å². The van der Waals surface area contributed by atoms with Gasteiger partial charge in [0.1, 0.15) is 11.4 Å². The number of carbonyl (C=O) groups excluding carboxylic acids is 2.